The van der Waals surface area contributed by atoms with E-state index in [2.05, 4.69) is 25.3 Å². The van der Waals surface area contributed by atoms with Gasteiger partial charge >= 0.3 is 10.9 Å². The van der Waals surface area contributed by atoms with E-state index in [-0.39, 0.29) is 16.8 Å². The number of anilines is 2. The minimum Gasteiger partial charge on any atom is -0.464 e. The van der Waals surface area contributed by atoms with Crippen LogP contribution in [-0.2, 0) is 6.54 Å². The highest BCUT2D eigenvalue weighted by atomic mass is 32.1. The molecule has 0 amide bonds. The van der Waals surface area contributed by atoms with Crippen LogP contribution in [0.3, 0.4) is 0 Å². The number of hydrogen-bond donors (Lipinski definition) is 3. The van der Waals surface area contributed by atoms with Gasteiger partial charge in [0, 0.05) is 11.1 Å². The Balaban J connectivity index is 2.06. The SMILES string of the molecule is CCOc1nc(N)nc(NCc2csc(=O)[nH]2)n1. The average Bonchev–Trinajstić information content (AvgIpc) is 2.72. The lowest BCUT2D eigenvalue weighted by molar-refractivity contribution is 0.312. The van der Waals surface area contributed by atoms with Gasteiger partial charge in [-0.15, -0.1) is 0 Å². The second-order valence-corrected chi connectivity index (χ2v) is 4.10. The molecule has 0 aliphatic carbocycles. The van der Waals surface area contributed by atoms with Crippen LogP contribution in [0.2, 0.25) is 0 Å². The highest BCUT2D eigenvalue weighted by Gasteiger charge is 2.05. The highest BCUT2D eigenvalue weighted by Crippen LogP contribution is 2.09. The maximum Gasteiger partial charge on any atom is 0.323 e. The quantitative estimate of drug-likeness (QED) is 0.709. The molecule has 0 saturated heterocycles. The molecule has 96 valence electrons. The molecule has 2 aromatic rings. The molecule has 9 heteroatoms. The number of aromatic amines is 1. The normalized spacial score (nSPS) is 10.3. The molecule has 2 rings (SSSR count). The minimum absolute atomic E-state index is 0.0785. The summed E-state index contributed by atoms with van der Waals surface area (Å²) in [5.41, 5.74) is 6.28. The zero-order valence-corrected chi connectivity index (χ0v) is 10.5. The van der Waals surface area contributed by atoms with E-state index in [1.165, 1.54) is 0 Å². The molecule has 0 radical (unpaired) electrons. The van der Waals surface area contributed by atoms with E-state index >= 15 is 0 Å². The molecule has 18 heavy (non-hydrogen) atoms. The third-order valence-electron chi connectivity index (χ3n) is 1.91. The Hall–Kier alpha value is -2.16. The zero-order valence-electron chi connectivity index (χ0n) is 9.64. The van der Waals surface area contributed by atoms with Gasteiger partial charge in [0.2, 0.25) is 11.9 Å². The van der Waals surface area contributed by atoms with Crippen LogP contribution < -0.4 is 20.7 Å². The maximum atomic E-state index is 10.9. The van der Waals surface area contributed by atoms with Crippen molar-refractivity contribution in [1.29, 1.82) is 0 Å². The Morgan fingerprint density at radius 1 is 1.50 bits per heavy atom. The fraction of sp³-hybridized carbons (Fsp3) is 0.333. The summed E-state index contributed by atoms with van der Waals surface area (Å²) in [6.45, 7) is 2.66. The van der Waals surface area contributed by atoms with E-state index < -0.39 is 0 Å². The van der Waals surface area contributed by atoms with Crippen LogP contribution in [0.4, 0.5) is 11.9 Å². The summed E-state index contributed by atoms with van der Waals surface area (Å²) in [6.07, 6.45) is 0. The number of thiazole rings is 1. The van der Waals surface area contributed by atoms with E-state index in [1.54, 1.807) is 5.38 Å². The van der Waals surface area contributed by atoms with E-state index in [9.17, 15) is 4.79 Å². The number of nitrogens with one attached hydrogen (secondary N) is 2. The van der Waals surface area contributed by atoms with Crippen molar-refractivity contribution in [3.63, 3.8) is 0 Å². The largest absolute Gasteiger partial charge is 0.464 e. The van der Waals surface area contributed by atoms with Crippen LogP contribution in [0.5, 0.6) is 6.01 Å². The number of H-pyrrole nitrogens is 1. The summed E-state index contributed by atoms with van der Waals surface area (Å²) in [4.78, 5) is 25.3. The van der Waals surface area contributed by atoms with Crippen LogP contribution in [-0.4, -0.2) is 26.5 Å². The van der Waals surface area contributed by atoms with Gasteiger partial charge in [-0.25, -0.2) is 0 Å². The molecule has 4 N–H and O–H groups in total. The first kappa shape index (κ1) is 12.3. The average molecular weight is 268 g/mol. The summed E-state index contributed by atoms with van der Waals surface area (Å²) in [5.74, 6) is 0.382. The van der Waals surface area contributed by atoms with Crippen molar-refractivity contribution >= 4 is 23.2 Å². The molecule has 0 fully saturated rings. The van der Waals surface area contributed by atoms with Crippen molar-refractivity contribution in [3.8, 4) is 6.01 Å². The van der Waals surface area contributed by atoms with Crippen molar-refractivity contribution in [3.05, 3.63) is 20.7 Å². The lowest BCUT2D eigenvalue weighted by Gasteiger charge is -2.06. The molecule has 2 aromatic heterocycles. The van der Waals surface area contributed by atoms with Gasteiger partial charge in [-0.05, 0) is 6.92 Å². The van der Waals surface area contributed by atoms with E-state index in [0.717, 1.165) is 17.0 Å². The Bertz CT molecular complexity index is 580. The van der Waals surface area contributed by atoms with Crippen LogP contribution in [0.1, 0.15) is 12.6 Å². The van der Waals surface area contributed by atoms with Crippen LogP contribution >= 0.6 is 11.3 Å². The number of ether oxygens (including phenoxy) is 1. The monoisotopic (exact) mass is 268 g/mol. The predicted octanol–water partition coefficient (Wildman–Crippen LogP) is 0.214. The van der Waals surface area contributed by atoms with E-state index in [4.69, 9.17) is 10.5 Å². The molecule has 0 aliphatic rings. The first-order valence-corrected chi connectivity index (χ1v) is 6.10. The van der Waals surface area contributed by atoms with Crippen molar-refractivity contribution in [2.24, 2.45) is 0 Å². The first-order valence-electron chi connectivity index (χ1n) is 5.22. The third-order valence-corrected chi connectivity index (χ3v) is 2.63. The summed E-state index contributed by atoms with van der Waals surface area (Å²) >= 11 is 1.10. The van der Waals surface area contributed by atoms with Gasteiger partial charge in [-0.1, -0.05) is 11.3 Å². The molecule has 0 aliphatic heterocycles. The molecule has 0 saturated carbocycles. The lowest BCUT2D eigenvalue weighted by atomic mass is 10.5. The Labute approximate surface area is 106 Å². The fourth-order valence-electron chi connectivity index (χ4n) is 1.22. The molecule has 0 aromatic carbocycles. The molecule has 0 spiro atoms. The van der Waals surface area contributed by atoms with Gasteiger partial charge in [0.15, 0.2) is 0 Å². The number of aromatic nitrogens is 4. The summed E-state index contributed by atoms with van der Waals surface area (Å²) < 4.78 is 5.15. The van der Waals surface area contributed by atoms with Gasteiger partial charge in [-0.3, -0.25) is 4.79 Å². The smallest absolute Gasteiger partial charge is 0.323 e. The lowest BCUT2D eigenvalue weighted by Crippen LogP contribution is -2.10. The molecular formula is C9H12N6O2S. The first-order chi connectivity index (χ1) is 8.67. The zero-order chi connectivity index (χ0) is 13.0. The molecule has 0 atom stereocenters. The van der Waals surface area contributed by atoms with Gasteiger partial charge in [0.25, 0.3) is 0 Å². The van der Waals surface area contributed by atoms with Crippen molar-refractivity contribution in [1.82, 2.24) is 19.9 Å². The van der Waals surface area contributed by atoms with Crippen molar-refractivity contribution in [2.45, 2.75) is 13.5 Å². The van der Waals surface area contributed by atoms with Crippen LogP contribution in [0.25, 0.3) is 0 Å². The number of nitrogen functional groups attached to an aromatic ring is 1. The molecule has 2 heterocycles. The predicted molar refractivity (Wildman–Crippen MR) is 67.7 cm³/mol. The fourth-order valence-corrected chi connectivity index (χ4v) is 1.80. The Kier molecular flexibility index (Phi) is 3.72. The number of hydrogen-bond acceptors (Lipinski definition) is 8. The highest BCUT2D eigenvalue weighted by molar-refractivity contribution is 7.07. The molecule has 0 unspecified atom stereocenters. The number of rotatable bonds is 5. The van der Waals surface area contributed by atoms with Crippen molar-refractivity contribution < 1.29 is 4.74 Å². The minimum atomic E-state index is -0.100. The second kappa shape index (κ2) is 5.45. The van der Waals surface area contributed by atoms with E-state index in [1.807, 2.05) is 6.92 Å². The second-order valence-electron chi connectivity index (χ2n) is 3.26. The topological polar surface area (TPSA) is 119 Å². The molecular weight excluding hydrogens is 256 g/mol. The standard InChI is InChI=1S/C9H12N6O2S/c1-2-17-8-14-6(10)13-7(15-8)11-3-5-4-18-9(16)12-5/h4H,2-3H2,1H3,(H,12,16)(H3,10,11,13,14,15). The Morgan fingerprint density at radius 2 is 2.33 bits per heavy atom. The van der Waals surface area contributed by atoms with Crippen LogP contribution in [0, 0.1) is 0 Å². The van der Waals surface area contributed by atoms with Crippen molar-refractivity contribution in [2.75, 3.05) is 17.7 Å². The van der Waals surface area contributed by atoms with Crippen LogP contribution in [0.15, 0.2) is 10.2 Å². The van der Waals surface area contributed by atoms with Gasteiger partial charge in [-0.2, -0.15) is 15.0 Å². The number of nitrogens with two attached hydrogens (primary N) is 1. The molecule has 8 nitrogen and oxygen atoms in total. The van der Waals surface area contributed by atoms with E-state index in [0.29, 0.717) is 19.1 Å². The third kappa shape index (κ3) is 3.17. The van der Waals surface area contributed by atoms with Gasteiger partial charge in [0.05, 0.1) is 13.2 Å². The van der Waals surface area contributed by atoms with Gasteiger partial charge in [0.1, 0.15) is 0 Å². The maximum absolute atomic E-state index is 10.9. The number of nitrogens with zero attached hydrogens (tertiary/aromatic N) is 3. The molecule has 0 bridgehead atoms. The Morgan fingerprint density at radius 3 is 3.00 bits per heavy atom. The van der Waals surface area contributed by atoms with Gasteiger partial charge < -0.3 is 20.8 Å². The summed E-state index contributed by atoms with van der Waals surface area (Å²) in [7, 11) is 0. The summed E-state index contributed by atoms with van der Waals surface area (Å²) in [5, 5.41) is 4.65. The summed E-state index contributed by atoms with van der Waals surface area (Å²) in [6, 6.07) is 0.173.